The maximum Gasteiger partial charge on any atom is 0.0699 e. The van der Waals surface area contributed by atoms with Crippen LogP contribution in [0.1, 0.15) is 30.4 Å². The molecule has 2 nitrogen and oxygen atoms in total. The van der Waals surface area contributed by atoms with Crippen LogP contribution in [0, 0.1) is 0 Å². The molecule has 0 radical (unpaired) electrons. The molecule has 0 spiro atoms. The zero-order chi connectivity index (χ0) is 12.4. The van der Waals surface area contributed by atoms with E-state index in [0.717, 1.165) is 31.0 Å². The van der Waals surface area contributed by atoms with Gasteiger partial charge in [0.05, 0.1) is 6.10 Å². The van der Waals surface area contributed by atoms with E-state index in [1.54, 1.807) is 0 Å². The summed E-state index contributed by atoms with van der Waals surface area (Å²) < 4.78 is 5.75. The van der Waals surface area contributed by atoms with Crippen LogP contribution in [-0.4, -0.2) is 25.3 Å². The van der Waals surface area contributed by atoms with E-state index in [2.05, 4.69) is 17.4 Å². The van der Waals surface area contributed by atoms with Gasteiger partial charge in [0.25, 0.3) is 0 Å². The van der Waals surface area contributed by atoms with E-state index < -0.39 is 0 Å². The fourth-order valence-electron chi connectivity index (χ4n) is 3.00. The van der Waals surface area contributed by atoms with Gasteiger partial charge in [0.1, 0.15) is 0 Å². The smallest absolute Gasteiger partial charge is 0.0699 e. The quantitative estimate of drug-likeness (QED) is 0.907. The topological polar surface area (TPSA) is 21.3 Å². The predicted molar refractivity (Wildman–Crippen MR) is 74.2 cm³/mol. The van der Waals surface area contributed by atoms with Crippen LogP contribution >= 0.6 is 11.6 Å². The molecular weight excluding hydrogens is 246 g/mol. The number of hydrogen-bond acceptors (Lipinski definition) is 2. The van der Waals surface area contributed by atoms with Crippen molar-refractivity contribution in [1.29, 1.82) is 0 Å². The van der Waals surface area contributed by atoms with Gasteiger partial charge in [-0.15, -0.1) is 0 Å². The predicted octanol–water partition coefficient (Wildman–Crippen LogP) is 2.97. The van der Waals surface area contributed by atoms with Crippen molar-refractivity contribution in [2.45, 2.75) is 44.2 Å². The van der Waals surface area contributed by atoms with Gasteiger partial charge >= 0.3 is 0 Å². The molecule has 0 saturated carbocycles. The molecule has 3 rings (SSSR count). The van der Waals surface area contributed by atoms with Crippen molar-refractivity contribution >= 4 is 11.6 Å². The first-order valence-electron chi connectivity index (χ1n) is 6.93. The normalized spacial score (nSPS) is 27.2. The molecule has 2 atom stereocenters. The lowest BCUT2D eigenvalue weighted by atomic mass is 10.1. The number of hydrogen-bond donors (Lipinski definition) is 1. The summed E-state index contributed by atoms with van der Waals surface area (Å²) in [4.78, 5) is 0. The SMILES string of the molecule is Clc1ccc2c(c1)CC(NCC1CCCCO1)C2. The van der Waals surface area contributed by atoms with E-state index >= 15 is 0 Å². The van der Waals surface area contributed by atoms with Gasteiger partial charge in [0, 0.05) is 24.2 Å². The molecular formula is C15H20ClNO. The van der Waals surface area contributed by atoms with Crippen LogP contribution in [0.25, 0.3) is 0 Å². The zero-order valence-corrected chi connectivity index (χ0v) is 11.4. The average Bonchev–Trinajstić information content (AvgIpc) is 2.79. The van der Waals surface area contributed by atoms with Crippen LogP contribution in [-0.2, 0) is 17.6 Å². The van der Waals surface area contributed by atoms with Gasteiger partial charge in [0.15, 0.2) is 0 Å². The Morgan fingerprint density at radius 3 is 2.94 bits per heavy atom. The van der Waals surface area contributed by atoms with Gasteiger partial charge in [-0.2, -0.15) is 0 Å². The van der Waals surface area contributed by atoms with Crippen LogP contribution in [0.2, 0.25) is 5.02 Å². The van der Waals surface area contributed by atoms with E-state index in [4.69, 9.17) is 16.3 Å². The molecule has 1 N–H and O–H groups in total. The number of ether oxygens (including phenoxy) is 1. The minimum Gasteiger partial charge on any atom is -0.377 e. The maximum atomic E-state index is 6.03. The lowest BCUT2D eigenvalue weighted by molar-refractivity contribution is 0.0155. The summed E-state index contributed by atoms with van der Waals surface area (Å²) in [6.07, 6.45) is 6.39. The highest BCUT2D eigenvalue weighted by molar-refractivity contribution is 6.30. The van der Waals surface area contributed by atoms with E-state index in [-0.39, 0.29) is 0 Å². The third kappa shape index (κ3) is 2.87. The van der Waals surface area contributed by atoms with Crippen molar-refractivity contribution in [3.63, 3.8) is 0 Å². The summed E-state index contributed by atoms with van der Waals surface area (Å²) in [6, 6.07) is 6.82. The van der Waals surface area contributed by atoms with Gasteiger partial charge in [-0.1, -0.05) is 17.7 Å². The highest BCUT2D eigenvalue weighted by Gasteiger charge is 2.22. The molecule has 18 heavy (non-hydrogen) atoms. The van der Waals surface area contributed by atoms with Crippen molar-refractivity contribution in [3.8, 4) is 0 Å². The molecule has 1 aliphatic heterocycles. The molecule has 0 bridgehead atoms. The Kier molecular flexibility index (Phi) is 3.88. The summed E-state index contributed by atoms with van der Waals surface area (Å²) in [6.45, 7) is 1.93. The van der Waals surface area contributed by atoms with E-state index in [9.17, 15) is 0 Å². The van der Waals surface area contributed by atoms with Gasteiger partial charge in [-0.3, -0.25) is 0 Å². The molecule has 1 aromatic carbocycles. The van der Waals surface area contributed by atoms with Crippen molar-refractivity contribution in [1.82, 2.24) is 5.32 Å². The number of nitrogens with one attached hydrogen (secondary N) is 1. The minimum absolute atomic E-state index is 0.422. The summed E-state index contributed by atoms with van der Waals surface area (Å²) in [5, 5.41) is 4.50. The second kappa shape index (κ2) is 5.60. The Balaban J connectivity index is 1.51. The highest BCUT2D eigenvalue weighted by Crippen LogP contribution is 2.25. The summed E-state index contributed by atoms with van der Waals surface area (Å²) in [7, 11) is 0. The van der Waals surface area contributed by atoms with Crippen LogP contribution < -0.4 is 5.32 Å². The fourth-order valence-corrected chi connectivity index (χ4v) is 3.19. The van der Waals surface area contributed by atoms with Crippen molar-refractivity contribution < 1.29 is 4.74 Å². The van der Waals surface area contributed by atoms with Crippen LogP contribution in [0.4, 0.5) is 0 Å². The van der Waals surface area contributed by atoms with Crippen molar-refractivity contribution in [2.24, 2.45) is 0 Å². The number of rotatable bonds is 3. The lowest BCUT2D eigenvalue weighted by Crippen LogP contribution is -2.38. The first-order chi connectivity index (χ1) is 8.81. The first-order valence-corrected chi connectivity index (χ1v) is 7.31. The number of fused-ring (bicyclic) bond motifs is 1. The number of benzene rings is 1. The Labute approximate surface area is 114 Å². The molecule has 1 aliphatic carbocycles. The van der Waals surface area contributed by atoms with E-state index in [1.807, 2.05) is 6.07 Å². The zero-order valence-electron chi connectivity index (χ0n) is 10.6. The average molecular weight is 266 g/mol. The van der Waals surface area contributed by atoms with Crippen molar-refractivity contribution in [2.75, 3.05) is 13.2 Å². The largest absolute Gasteiger partial charge is 0.377 e. The molecule has 3 heteroatoms. The van der Waals surface area contributed by atoms with E-state index in [0.29, 0.717) is 12.1 Å². The third-order valence-corrected chi connectivity index (χ3v) is 4.24. The van der Waals surface area contributed by atoms with E-state index in [1.165, 1.54) is 30.4 Å². The molecule has 0 amide bonds. The Bertz CT molecular complexity index is 415. The van der Waals surface area contributed by atoms with Crippen LogP contribution in [0.5, 0.6) is 0 Å². The summed E-state index contributed by atoms with van der Waals surface area (Å²) >= 11 is 6.03. The van der Waals surface area contributed by atoms with Crippen LogP contribution in [0.3, 0.4) is 0 Å². The molecule has 2 aliphatic rings. The van der Waals surface area contributed by atoms with Crippen molar-refractivity contribution in [3.05, 3.63) is 34.3 Å². The van der Waals surface area contributed by atoms with Gasteiger partial charge in [-0.25, -0.2) is 0 Å². The van der Waals surface area contributed by atoms with Gasteiger partial charge in [-0.05, 0) is 55.4 Å². The van der Waals surface area contributed by atoms with Crippen LogP contribution in [0.15, 0.2) is 18.2 Å². The summed E-state index contributed by atoms with van der Waals surface area (Å²) in [5.74, 6) is 0. The molecule has 2 unspecified atom stereocenters. The third-order valence-electron chi connectivity index (χ3n) is 4.01. The Hall–Kier alpha value is -0.570. The minimum atomic E-state index is 0.422. The maximum absolute atomic E-state index is 6.03. The molecule has 0 aromatic heterocycles. The van der Waals surface area contributed by atoms with Gasteiger partial charge in [0.2, 0.25) is 0 Å². The highest BCUT2D eigenvalue weighted by atomic mass is 35.5. The second-order valence-corrected chi connectivity index (χ2v) is 5.85. The standard InChI is InChI=1S/C15H20ClNO/c16-13-5-4-11-8-14(9-12(11)7-13)17-10-15-3-1-2-6-18-15/h4-5,7,14-15,17H,1-3,6,8-10H2. The second-order valence-electron chi connectivity index (χ2n) is 5.42. The molecule has 98 valence electrons. The first kappa shape index (κ1) is 12.5. The Morgan fingerprint density at radius 1 is 1.22 bits per heavy atom. The Morgan fingerprint density at radius 2 is 2.11 bits per heavy atom. The van der Waals surface area contributed by atoms with Gasteiger partial charge < -0.3 is 10.1 Å². The monoisotopic (exact) mass is 265 g/mol. The number of halogens is 1. The molecule has 1 fully saturated rings. The molecule has 1 saturated heterocycles. The fraction of sp³-hybridized carbons (Fsp3) is 0.600. The lowest BCUT2D eigenvalue weighted by Gasteiger charge is -2.24. The molecule has 1 heterocycles. The molecule has 1 aromatic rings. The summed E-state index contributed by atoms with van der Waals surface area (Å²) in [5.41, 5.74) is 2.85.